The van der Waals surface area contributed by atoms with E-state index in [9.17, 15) is 19.2 Å². The van der Waals surface area contributed by atoms with Crippen molar-refractivity contribution >= 4 is 34.4 Å². The van der Waals surface area contributed by atoms with Crippen molar-refractivity contribution in [2.24, 2.45) is 0 Å². The van der Waals surface area contributed by atoms with Crippen LogP contribution >= 0.6 is 0 Å². The van der Waals surface area contributed by atoms with Gasteiger partial charge in [0, 0.05) is 37.6 Å². The lowest BCUT2D eigenvalue weighted by Gasteiger charge is -2.50. The number of alkyl halides is 2. The Bertz CT molecular complexity index is 1380. The molecule has 0 radical (unpaired) electrons. The van der Waals surface area contributed by atoms with Crippen LogP contribution < -0.4 is 5.69 Å². The summed E-state index contributed by atoms with van der Waals surface area (Å²) < 4.78 is 52.8. The van der Waals surface area contributed by atoms with Crippen LogP contribution in [0.1, 0.15) is 84.4 Å². The van der Waals surface area contributed by atoms with Crippen LogP contribution in [-0.4, -0.2) is 86.6 Å². The molecule has 2 aliphatic heterocycles. The Labute approximate surface area is 271 Å². The van der Waals surface area contributed by atoms with Crippen LogP contribution in [0.2, 0.25) is 28.7 Å². The van der Waals surface area contributed by atoms with E-state index in [1.807, 2.05) is 40.8 Å². The van der Waals surface area contributed by atoms with Crippen LogP contribution in [0.3, 0.4) is 0 Å². The maximum absolute atomic E-state index is 17.0. The molecule has 3 heterocycles. The number of aromatic nitrogens is 2. The molecule has 0 saturated carbocycles. The summed E-state index contributed by atoms with van der Waals surface area (Å²) in [6, 6.07) is 1.06. The highest BCUT2D eigenvalue weighted by Gasteiger charge is 2.75. The minimum absolute atomic E-state index is 0.00944. The minimum atomic E-state index is -3.81. The number of hydrogen-bond donors (Lipinski definition) is 0. The van der Waals surface area contributed by atoms with Crippen molar-refractivity contribution in [3.05, 3.63) is 40.6 Å². The highest BCUT2D eigenvalue weighted by molar-refractivity contribution is 6.84. The number of hydrogen-bond acceptors (Lipinski definition) is 9. The van der Waals surface area contributed by atoms with E-state index in [0.717, 1.165) is 37.3 Å². The normalized spacial score (nSPS) is 22.2. The number of hydrazine groups is 1. The molecule has 0 N–H and O–H groups in total. The number of halogens is 2. The smallest absolute Gasteiger partial charge is 0.355 e. The van der Waals surface area contributed by atoms with E-state index >= 15 is 8.78 Å². The molecule has 3 unspecified atom stereocenters. The fourth-order valence-corrected chi connectivity index (χ4v) is 14.1. The van der Waals surface area contributed by atoms with Crippen molar-refractivity contribution in [3.63, 3.8) is 0 Å². The fraction of sp³-hybridized carbons (Fsp3) is 0.700. The molecule has 258 valence electrons. The summed E-state index contributed by atoms with van der Waals surface area (Å²) in [4.78, 5) is 61.0. The van der Waals surface area contributed by atoms with Crippen molar-refractivity contribution in [2.75, 3.05) is 20.8 Å². The fourth-order valence-electron chi connectivity index (χ4n) is 5.89. The lowest BCUT2D eigenvalue weighted by atomic mass is 10.2. The maximum atomic E-state index is 17.0. The molecule has 46 heavy (non-hydrogen) atoms. The number of carbonyl (C=O) groups excluding carboxylic acids is 3. The molecule has 16 heteroatoms. The van der Waals surface area contributed by atoms with Gasteiger partial charge in [-0.1, -0.05) is 74.4 Å². The third-order valence-corrected chi connectivity index (χ3v) is 20.3. The van der Waals surface area contributed by atoms with Gasteiger partial charge in [0.25, 0.3) is 17.7 Å². The molecule has 0 aromatic carbocycles. The standard InChI is InChI=1S/C30H48F2N4O8Si2/c1-12-13-14-19-43-36(35-21(37)15-16-22(35)38)24(39)20-17-18-34(27(40)33-20)26-30(31,32)23(46(41-8,42-9)29(5,6)7)25(44-26)45(10,11)28(2,3)4/h15-18,23,25-26H,12-14,19H2,1-11H3. The van der Waals surface area contributed by atoms with Gasteiger partial charge in [-0.15, -0.1) is 5.17 Å². The quantitative estimate of drug-likeness (QED) is 0.127. The zero-order valence-corrected chi connectivity index (χ0v) is 30.7. The second-order valence-electron chi connectivity index (χ2n) is 14.3. The summed E-state index contributed by atoms with van der Waals surface area (Å²) in [6.45, 7) is 17.3. The first kappa shape index (κ1) is 37.8. The summed E-state index contributed by atoms with van der Waals surface area (Å²) in [5.74, 6) is -6.41. The monoisotopic (exact) mass is 686 g/mol. The van der Waals surface area contributed by atoms with Crippen LogP contribution in [-0.2, 0) is 28.0 Å². The first-order valence-corrected chi connectivity index (χ1v) is 20.4. The highest BCUT2D eigenvalue weighted by atomic mass is 28.4. The van der Waals surface area contributed by atoms with Gasteiger partial charge in [-0.25, -0.2) is 13.6 Å². The number of ether oxygens (including phenoxy) is 1. The van der Waals surface area contributed by atoms with Gasteiger partial charge in [-0.05, 0) is 17.5 Å². The Morgan fingerprint density at radius 1 is 1.02 bits per heavy atom. The lowest BCUT2D eigenvalue weighted by molar-refractivity contribution is -0.231. The molecule has 3 amide bonds. The third kappa shape index (κ3) is 6.56. The van der Waals surface area contributed by atoms with Crippen molar-refractivity contribution < 1.29 is 41.6 Å². The lowest BCUT2D eigenvalue weighted by Crippen LogP contribution is -2.64. The molecular formula is C30H48F2N4O8Si2. The Hall–Kier alpha value is -2.64. The Kier molecular flexibility index (Phi) is 11.1. The number of imide groups is 1. The maximum Gasteiger partial charge on any atom is 0.355 e. The topological polar surface area (TPSA) is 130 Å². The average Bonchev–Trinajstić information content (AvgIpc) is 3.43. The molecule has 0 bridgehead atoms. The molecular weight excluding hydrogens is 639 g/mol. The van der Waals surface area contributed by atoms with Gasteiger partial charge in [0.05, 0.1) is 25.9 Å². The zero-order valence-electron chi connectivity index (χ0n) is 28.7. The van der Waals surface area contributed by atoms with Gasteiger partial charge >= 0.3 is 20.2 Å². The molecule has 1 aromatic rings. The number of carbonyl (C=O) groups is 3. The van der Waals surface area contributed by atoms with Crippen LogP contribution in [0.4, 0.5) is 8.78 Å². The van der Waals surface area contributed by atoms with Crippen LogP contribution in [0.25, 0.3) is 0 Å². The second-order valence-corrected chi connectivity index (χ2v) is 24.1. The Morgan fingerprint density at radius 2 is 1.59 bits per heavy atom. The van der Waals surface area contributed by atoms with Gasteiger partial charge in [0.1, 0.15) is 5.69 Å². The van der Waals surface area contributed by atoms with E-state index in [1.165, 1.54) is 14.2 Å². The van der Waals surface area contributed by atoms with E-state index in [4.69, 9.17) is 18.4 Å². The summed E-state index contributed by atoms with van der Waals surface area (Å²) in [7, 11) is -3.80. The van der Waals surface area contributed by atoms with Crippen molar-refractivity contribution in [2.45, 2.75) is 114 Å². The SMILES string of the molecule is CCCCCON(C(=O)c1ccn(C2OC([Si](C)(C)C(C)(C)C)C([Si](OC)(OC)C(C)(C)C)C2(F)F)c(=O)n1)N1C(=O)C=CC1=O. The largest absolute Gasteiger partial charge is 0.397 e. The summed E-state index contributed by atoms with van der Waals surface area (Å²) in [6.07, 6.45) is 3.00. The molecule has 3 atom stereocenters. The third-order valence-electron chi connectivity index (χ3n) is 9.43. The average molecular weight is 687 g/mol. The van der Waals surface area contributed by atoms with E-state index in [2.05, 4.69) is 4.98 Å². The summed E-state index contributed by atoms with van der Waals surface area (Å²) >= 11 is 0. The van der Waals surface area contributed by atoms with Crippen molar-refractivity contribution in [3.8, 4) is 0 Å². The van der Waals surface area contributed by atoms with Crippen molar-refractivity contribution in [1.82, 2.24) is 19.7 Å². The number of unbranched alkanes of at least 4 members (excludes halogenated alkanes) is 2. The number of hydroxylamine groups is 1. The van der Waals surface area contributed by atoms with Crippen LogP contribution in [0.15, 0.2) is 29.2 Å². The van der Waals surface area contributed by atoms with Crippen LogP contribution in [0.5, 0.6) is 0 Å². The van der Waals surface area contributed by atoms with Gasteiger partial charge < -0.3 is 13.6 Å². The van der Waals surface area contributed by atoms with Crippen molar-refractivity contribution in [1.29, 1.82) is 0 Å². The Balaban J connectivity index is 2.11. The highest BCUT2D eigenvalue weighted by Crippen LogP contribution is 2.63. The van der Waals surface area contributed by atoms with Crippen LogP contribution in [0, 0.1) is 0 Å². The number of rotatable bonds is 12. The zero-order chi connectivity index (χ0) is 35.0. The molecule has 12 nitrogen and oxygen atoms in total. The minimum Gasteiger partial charge on any atom is -0.397 e. The molecule has 1 saturated heterocycles. The number of nitrogens with zero attached hydrogens (tertiary/aromatic N) is 4. The van der Waals surface area contributed by atoms with Gasteiger partial charge in [-0.2, -0.15) is 9.99 Å². The van der Waals surface area contributed by atoms with E-state index in [0.29, 0.717) is 21.2 Å². The molecule has 0 aliphatic carbocycles. The molecule has 0 spiro atoms. The number of amides is 3. The first-order valence-electron chi connectivity index (χ1n) is 15.4. The van der Waals surface area contributed by atoms with E-state index in [1.54, 1.807) is 20.8 Å². The van der Waals surface area contributed by atoms with E-state index in [-0.39, 0.29) is 11.6 Å². The molecule has 1 fully saturated rings. The summed E-state index contributed by atoms with van der Waals surface area (Å²) in [5, 5.41) is -0.268. The van der Waals surface area contributed by atoms with Gasteiger partial charge in [0.15, 0.2) is 0 Å². The molecule has 2 aliphatic rings. The Morgan fingerprint density at radius 3 is 2.04 bits per heavy atom. The van der Waals surface area contributed by atoms with E-state index < -0.39 is 74.2 Å². The van der Waals surface area contributed by atoms with Gasteiger partial charge in [-0.3, -0.25) is 23.8 Å². The first-order chi connectivity index (χ1) is 21.1. The predicted molar refractivity (Wildman–Crippen MR) is 170 cm³/mol. The van der Waals surface area contributed by atoms with Gasteiger partial charge in [0.2, 0.25) is 6.23 Å². The predicted octanol–water partition coefficient (Wildman–Crippen LogP) is 5.13. The summed E-state index contributed by atoms with van der Waals surface area (Å²) in [5.41, 5.74) is -4.19. The molecule has 1 aromatic heterocycles. The molecule has 3 rings (SSSR count). The second kappa shape index (κ2) is 13.5.